The number of hydrogen-bond acceptors (Lipinski definition) is 6. The van der Waals surface area contributed by atoms with Crippen molar-refractivity contribution in [3.05, 3.63) is 0 Å². The molecular formula is C10H21N2O5P. The van der Waals surface area contributed by atoms with E-state index in [9.17, 15) is 9.59 Å². The summed E-state index contributed by atoms with van der Waals surface area (Å²) in [6.07, 6.45) is 0.0681. The van der Waals surface area contributed by atoms with Crippen molar-refractivity contribution in [1.82, 2.24) is 5.32 Å². The van der Waals surface area contributed by atoms with Crippen molar-refractivity contribution in [2.24, 2.45) is 5.73 Å². The number of nitrogens with one attached hydrogen (secondary N) is 1. The molecule has 0 heterocycles. The van der Waals surface area contributed by atoms with Crippen molar-refractivity contribution < 1.29 is 23.4 Å². The van der Waals surface area contributed by atoms with Crippen molar-refractivity contribution in [3.63, 3.8) is 0 Å². The van der Waals surface area contributed by atoms with E-state index in [2.05, 4.69) is 5.32 Å². The van der Waals surface area contributed by atoms with Crippen LogP contribution in [0, 0.1) is 0 Å². The highest BCUT2D eigenvalue weighted by atomic mass is 31.2. The smallest absolute Gasteiger partial charge is 0.314 e. The van der Waals surface area contributed by atoms with Crippen LogP contribution < -0.4 is 11.1 Å². The molecule has 0 rings (SSSR count). The Kier molecular flexibility index (Phi) is 8.02. The lowest BCUT2D eigenvalue weighted by Gasteiger charge is -2.17. The van der Waals surface area contributed by atoms with E-state index in [1.54, 1.807) is 13.8 Å². The number of nitrogens with two attached hydrogens (primary N) is 1. The van der Waals surface area contributed by atoms with Crippen LogP contribution in [0.5, 0.6) is 0 Å². The number of esters is 1. The third-order valence-electron chi connectivity index (χ3n) is 1.90. The van der Waals surface area contributed by atoms with Gasteiger partial charge in [0.25, 0.3) is 0 Å². The number of amides is 1. The molecule has 0 saturated heterocycles. The molecule has 0 unspecified atom stereocenters. The summed E-state index contributed by atoms with van der Waals surface area (Å²) in [5.41, 5.74) is 4.63. The fraction of sp³-hybridized carbons (Fsp3) is 0.800. The molecule has 0 aliphatic carbocycles. The summed E-state index contributed by atoms with van der Waals surface area (Å²) in [6.45, 7) is 3.51. The molecule has 7 nitrogen and oxygen atoms in total. The summed E-state index contributed by atoms with van der Waals surface area (Å²) < 4.78 is 14.7. The van der Waals surface area contributed by atoms with Crippen molar-refractivity contribution in [3.8, 4) is 0 Å². The molecule has 0 aromatic carbocycles. The highest BCUT2D eigenvalue weighted by molar-refractivity contribution is 7.48. The molecule has 0 aromatic heterocycles. The van der Waals surface area contributed by atoms with Gasteiger partial charge in [-0.3, -0.25) is 9.59 Å². The van der Waals surface area contributed by atoms with Crippen molar-refractivity contribution in [2.45, 2.75) is 19.4 Å². The number of carbonyl (C=O) groups is 2. The minimum Gasteiger partial charge on any atom is -0.463 e. The van der Waals surface area contributed by atoms with Gasteiger partial charge in [-0.05, 0) is 13.8 Å². The van der Waals surface area contributed by atoms with E-state index in [0.717, 1.165) is 0 Å². The first-order valence-corrected chi connectivity index (χ1v) is 6.76. The summed E-state index contributed by atoms with van der Waals surface area (Å²) in [7, 11) is 1.70. The number of rotatable bonds is 8. The topological polar surface area (TPSA) is 99.9 Å². The van der Waals surface area contributed by atoms with E-state index in [1.165, 1.54) is 14.2 Å². The Bertz CT molecular complexity index is 276. The molecule has 1 amide bonds. The second kappa shape index (κ2) is 8.37. The first-order valence-electron chi connectivity index (χ1n) is 5.39. The van der Waals surface area contributed by atoms with Gasteiger partial charge in [-0.1, -0.05) is 0 Å². The molecule has 0 aliphatic rings. The third-order valence-corrected chi connectivity index (χ3v) is 3.23. The Morgan fingerprint density at radius 2 is 1.83 bits per heavy atom. The van der Waals surface area contributed by atoms with Crippen molar-refractivity contribution in [2.75, 3.05) is 33.5 Å². The molecule has 0 spiro atoms. The van der Waals surface area contributed by atoms with Crippen LogP contribution in [0.15, 0.2) is 0 Å². The van der Waals surface area contributed by atoms with Gasteiger partial charge in [-0.2, -0.15) is 0 Å². The lowest BCUT2D eigenvalue weighted by Crippen LogP contribution is -2.49. The molecule has 8 heteroatoms. The number of ether oxygens (including phenoxy) is 1. The molecule has 0 bridgehead atoms. The van der Waals surface area contributed by atoms with Crippen LogP contribution in [0.3, 0.4) is 0 Å². The van der Waals surface area contributed by atoms with E-state index in [4.69, 9.17) is 19.5 Å². The van der Waals surface area contributed by atoms with Crippen molar-refractivity contribution >= 4 is 20.3 Å². The summed E-state index contributed by atoms with van der Waals surface area (Å²) in [4.78, 5) is 22.7. The number of carbonyl (C=O) groups excluding carboxylic acids is 2. The zero-order valence-corrected chi connectivity index (χ0v) is 12.1. The molecule has 0 aromatic rings. The minimum atomic E-state index is -1.23. The summed E-state index contributed by atoms with van der Waals surface area (Å²) in [5, 5.41) is 2.56. The van der Waals surface area contributed by atoms with Gasteiger partial charge in [0.05, 0.1) is 12.1 Å². The molecule has 0 fully saturated rings. The lowest BCUT2D eigenvalue weighted by atomic mass is 10.1. The second-order valence-corrected chi connectivity index (χ2v) is 5.77. The first kappa shape index (κ1) is 17.2. The summed E-state index contributed by atoms with van der Waals surface area (Å²) in [5.74, 6) is -0.722. The highest BCUT2D eigenvalue weighted by Gasteiger charge is 2.21. The van der Waals surface area contributed by atoms with E-state index in [0.29, 0.717) is 0 Å². The van der Waals surface area contributed by atoms with Crippen LogP contribution in [0.25, 0.3) is 0 Å². The van der Waals surface area contributed by atoms with Gasteiger partial charge in [-0.25, -0.2) is 0 Å². The van der Waals surface area contributed by atoms with Gasteiger partial charge >= 0.3 is 5.97 Å². The normalized spacial score (nSPS) is 11.4. The third kappa shape index (κ3) is 7.55. The lowest BCUT2D eigenvalue weighted by molar-refractivity contribution is -0.141. The van der Waals surface area contributed by atoms with Crippen LogP contribution >= 0.6 is 8.38 Å². The Morgan fingerprint density at radius 1 is 1.28 bits per heavy atom. The van der Waals surface area contributed by atoms with Gasteiger partial charge in [-0.15, -0.1) is 0 Å². The van der Waals surface area contributed by atoms with E-state index in [-0.39, 0.29) is 25.2 Å². The van der Waals surface area contributed by atoms with Crippen LogP contribution in [0.2, 0.25) is 0 Å². The zero-order valence-electron chi connectivity index (χ0n) is 11.2. The van der Waals surface area contributed by atoms with E-state index in [1.807, 2.05) is 0 Å². The van der Waals surface area contributed by atoms with Gasteiger partial charge in [0.1, 0.15) is 12.8 Å². The molecule has 0 aliphatic heterocycles. The van der Waals surface area contributed by atoms with Crippen LogP contribution in [-0.4, -0.2) is 50.9 Å². The van der Waals surface area contributed by atoms with Crippen LogP contribution in [-0.2, 0) is 23.4 Å². The average Bonchev–Trinajstić information content (AvgIpc) is 2.30. The minimum absolute atomic E-state index is 0.0681. The average molecular weight is 280 g/mol. The van der Waals surface area contributed by atoms with Gasteiger partial charge in [0.2, 0.25) is 5.91 Å². The standard InChI is InChI=1S/C10H21N2O5P/c1-10(2,11)9(14)12-5-6-17-8(13)7-18(15-3)16-4/h5-7,11H2,1-4H3,(H,12,14). The molecule has 0 atom stereocenters. The summed E-state index contributed by atoms with van der Waals surface area (Å²) >= 11 is 0. The summed E-state index contributed by atoms with van der Waals surface area (Å²) in [6, 6.07) is 0. The Morgan fingerprint density at radius 3 is 2.28 bits per heavy atom. The monoisotopic (exact) mass is 280 g/mol. The maximum Gasteiger partial charge on any atom is 0.314 e. The van der Waals surface area contributed by atoms with Crippen molar-refractivity contribution in [1.29, 1.82) is 0 Å². The predicted molar refractivity (Wildman–Crippen MR) is 68.0 cm³/mol. The van der Waals surface area contributed by atoms with Crippen LogP contribution in [0.4, 0.5) is 0 Å². The largest absolute Gasteiger partial charge is 0.463 e. The maximum absolute atomic E-state index is 11.4. The zero-order chi connectivity index (χ0) is 14.2. The SMILES string of the molecule is COP(CC(=O)OCCNC(=O)C(C)(C)N)OC. The fourth-order valence-electron chi connectivity index (χ4n) is 0.912. The van der Waals surface area contributed by atoms with Crippen LogP contribution in [0.1, 0.15) is 13.8 Å². The molecule has 106 valence electrons. The van der Waals surface area contributed by atoms with Gasteiger partial charge in [0, 0.05) is 14.2 Å². The van der Waals surface area contributed by atoms with E-state index < -0.39 is 19.9 Å². The molecule has 18 heavy (non-hydrogen) atoms. The maximum atomic E-state index is 11.4. The first-order chi connectivity index (χ1) is 8.31. The Hall–Kier alpha value is -0.750. The quantitative estimate of drug-likeness (QED) is 0.368. The molecule has 0 saturated carbocycles. The fourth-order valence-corrected chi connectivity index (χ4v) is 1.62. The molecule has 0 radical (unpaired) electrons. The second-order valence-electron chi connectivity index (χ2n) is 4.05. The van der Waals surface area contributed by atoms with Gasteiger partial charge < -0.3 is 24.8 Å². The number of hydrogen-bond donors (Lipinski definition) is 2. The predicted octanol–water partition coefficient (Wildman–Crippen LogP) is -0.0122. The van der Waals surface area contributed by atoms with Gasteiger partial charge in [0.15, 0.2) is 8.38 Å². The molecule has 3 N–H and O–H groups in total. The molecular weight excluding hydrogens is 259 g/mol. The Labute approximate surface area is 108 Å². The van der Waals surface area contributed by atoms with E-state index >= 15 is 0 Å². The Balaban J connectivity index is 3.73. The highest BCUT2D eigenvalue weighted by Crippen LogP contribution is 2.35.